The summed E-state index contributed by atoms with van der Waals surface area (Å²) in [6.07, 6.45) is 6.51. The summed E-state index contributed by atoms with van der Waals surface area (Å²) in [4.78, 5) is 23.3. The standard InChI is InChI=1S/C21H20F2N2O2/c22-18-8-2-16(3-9-18)6-12-20(26)24-14-1-15-25-21(27)13-7-17-4-10-19(23)11-5-17/h2-13H,1,14-15H2,(H,24,26)(H,25,27)/b12-6+,13-7+. The zero-order valence-corrected chi connectivity index (χ0v) is 14.6. The fraction of sp³-hybridized carbons (Fsp3) is 0.143. The van der Waals surface area contributed by atoms with E-state index >= 15 is 0 Å². The number of benzene rings is 2. The number of rotatable bonds is 8. The monoisotopic (exact) mass is 370 g/mol. The number of nitrogens with one attached hydrogen (secondary N) is 2. The lowest BCUT2D eigenvalue weighted by Crippen LogP contribution is -2.28. The minimum Gasteiger partial charge on any atom is -0.352 e. The van der Waals surface area contributed by atoms with Gasteiger partial charge in [-0.3, -0.25) is 9.59 Å². The maximum atomic E-state index is 12.8. The van der Waals surface area contributed by atoms with E-state index in [0.717, 1.165) is 11.1 Å². The summed E-state index contributed by atoms with van der Waals surface area (Å²) in [5.41, 5.74) is 1.46. The SMILES string of the molecule is O=C(/C=C/c1ccc(F)cc1)NCCCNC(=O)/C=C/c1ccc(F)cc1. The first-order valence-corrected chi connectivity index (χ1v) is 8.46. The van der Waals surface area contributed by atoms with Crippen LogP contribution in [0, 0.1) is 11.6 Å². The number of hydrogen-bond acceptors (Lipinski definition) is 2. The molecule has 4 nitrogen and oxygen atoms in total. The van der Waals surface area contributed by atoms with Crippen molar-refractivity contribution < 1.29 is 18.4 Å². The zero-order valence-electron chi connectivity index (χ0n) is 14.6. The third kappa shape index (κ3) is 8.09. The molecule has 0 unspecified atom stereocenters. The second-order valence-corrected chi connectivity index (χ2v) is 5.71. The summed E-state index contributed by atoms with van der Waals surface area (Å²) in [5, 5.41) is 5.39. The molecule has 0 spiro atoms. The first-order valence-electron chi connectivity index (χ1n) is 8.46. The minimum atomic E-state index is -0.328. The second kappa shape index (κ2) is 10.7. The quantitative estimate of drug-likeness (QED) is 0.553. The number of halogens is 2. The van der Waals surface area contributed by atoms with Crippen molar-refractivity contribution in [1.29, 1.82) is 0 Å². The van der Waals surface area contributed by atoms with Crippen molar-refractivity contribution in [1.82, 2.24) is 10.6 Å². The fourth-order valence-electron chi connectivity index (χ4n) is 2.12. The Kier molecular flexibility index (Phi) is 7.91. The van der Waals surface area contributed by atoms with E-state index < -0.39 is 0 Å². The van der Waals surface area contributed by atoms with Crippen LogP contribution in [0.25, 0.3) is 12.2 Å². The van der Waals surface area contributed by atoms with Crippen LogP contribution in [0.2, 0.25) is 0 Å². The Labute approximate surface area is 156 Å². The normalized spacial score (nSPS) is 11.0. The molecule has 140 valence electrons. The largest absolute Gasteiger partial charge is 0.352 e. The predicted octanol–water partition coefficient (Wildman–Crippen LogP) is 3.31. The van der Waals surface area contributed by atoms with E-state index in [1.54, 1.807) is 36.4 Å². The van der Waals surface area contributed by atoms with Crippen LogP contribution < -0.4 is 10.6 Å². The van der Waals surface area contributed by atoms with Gasteiger partial charge in [0.2, 0.25) is 11.8 Å². The van der Waals surface area contributed by atoms with Gasteiger partial charge in [0.25, 0.3) is 0 Å². The molecule has 2 aromatic carbocycles. The van der Waals surface area contributed by atoms with E-state index in [2.05, 4.69) is 10.6 Å². The van der Waals surface area contributed by atoms with E-state index in [1.165, 1.54) is 36.4 Å². The topological polar surface area (TPSA) is 58.2 Å². The van der Waals surface area contributed by atoms with Gasteiger partial charge in [-0.05, 0) is 54.0 Å². The van der Waals surface area contributed by atoms with Crippen LogP contribution in [0.15, 0.2) is 60.7 Å². The van der Waals surface area contributed by atoms with Crippen LogP contribution in [0.3, 0.4) is 0 Å². The minimum absolute atomic E-state index is 0.262. The number of carbonyl (C=O) groups is 2. The van der Waals surface area contributed by atoms with Crippen LogP contribution in [-0.2, 0) is 9.59 Å². The van der Waals surface area contributed by atoms with Gasteiger partial charge in [0.1, 0.15) is 11.6 Å². The predicted molar refractivity (Wildman–Crippen MR) is 102 cm³/mol. The van der Waals surface area contributed by atoms with Crippen molar-refractivity contribution in [2.75, 3.05) is 13.1 Å². The highest BCUT2D eigenvalue weighted by atomic mass is 19.1. The lowest BCUT2D eigenvalue weighted by molar-refractivity contribution is -0.116. The molecule has 0 aliphatic carbocycles. The summed E-state index contributed by atoms with van der Waals surface area (Å²) in [5.74, 6) is -1.18. The third-order valence-electron chi connectivity index (χ3n) is 3.55. The molecule has 2 amide bonds. The van der Waals surface area contributed by atoms with Crippen molar-refractivity contribution in [3.8, 4) is 0 Å². The van der Waals surface area contributed by atoms with Crippen molar-refractivity contribution >= 4 is 24.0 Å². The Bertz CT molecular complexity index is 744. The average Bonchev–Trinajstić information content (AvgIpc) is 2.67. The Hall–Kier alpha value is -3.28. The molecule has 0 radical (unpaired) electrons. The summed E-state index contributed by atoms with van der Waals surface area (Å²) in [6.45, 7) is 0.823. The van der Waals surface area contributed by atoms with Gasteiger partial charge in [-0.25, -0.2) is 8.78 Å². The highest BCUT2D eigenvalue weighted by molar-refractivity contribution is 5.92. The summed E-state index contributed by atoms with van der Waals surface area (Å²) in [6, 6.07) is 11.6. The Morgan fingerprint density at radius 3 is 1.44 bits per heavy atom. The van der Waals surface area contributed by atoms with E-state index in [9.17, 15) is 18.4 Å². The molecule has 27 heavy (non-hydrogen) atoms. The van der Waals surface area contributed by atoms with Gasteiger partial charge in [0.15, 0.2) is 0 Å². The highest BCUT2D eigenvalue weighted by Gasteiger charge is 1.98. The highest BCUT2D eigenvalue weighted by Crippen LogP contribution is 2.05. The molecule has 0 bridgehead atoms. The Morgan fingerprint density at radius 2 is 1.07 bits per heavy atom. The molecule has 0 saturated carbocycles. The summed E-state index contributed by atoms with van der Waals surface area (Å²) in [7, 11) is 0. The molecular formula is C21H20F2N2O2. The first-order chi connectivity index (χ1) is 13.0. The van der Waals surface area contributed by atoms with Crippen LogP contribution in [0.5, 0.6) is 0 Å². The van der Waals surface area contributed by atoms with Gasteiger partial charge >= 0.3 is 0 Å². The van der Waals surface area contributed by atoms with Gasteiger partial charge in [0.05, 0.1) is 0 Å². The average molecular weight is 370 g/mol. The van der Waals surface area contributed by atoms with Crippen LogP contribution in [0.1, 0.15) is 17.5 Å². The molecule has 0 atom stereocenters. The smallest absolute Gasteiger partial charge is 0.244 e. The van der Waals surface area contributed by atoms with Gasteiger partial charge in [0, 0.05) is 25.2 Å². The molecule has 0 heterocycles. The van der Waals surface area contributed by atoms with E-state index in [0.29, 0.717) is 19.5 Å². The third-order valence-corrected chi connectivity index (χ3v) is 3.55. The molecule has 2 aromatic rings. The molecule has 0 aliphatic heterocycles. The van der Waals surface area contributed by atoms with Crippen LogP contribution >= 0.6 is 0 Å². The number of carbonyl (C=O) groups excluding carboxylic acids is 2. The van der Waals surface area contributed by atoms with Gasteiger partial charge < -0.3 is 10.6 Å². The summed E-state index contributed by atoms with van der Waals surface area (Å²) >= 11 is 0. The van der Waals surface area contributed by atoms with Crippen molar-refractivity contribution in [2.24, 2.45) is 0 Å². The molecule has 0 aromatic heterocycles. The van der Waals surface area contributed by atoms with Crippen molar-refractivity contribution in [3.05, 3.63) is 83.4 Å². The number of hydrogen-bond donors (Lipinski definition) is 2. The first kappa shape index (κ1) is 20.0. The van der Waals surface area contributed by atoms with Crippen LogP contribution in [-0.4, -0.2) is 24.9 Å². The molecule has 0 saturated heterocycles. The maximum absolute atomic E-state index is 12.8. The lowest BCUT2D eigenvalue weighted by atomic mass is 10.2. The lowest BCUT2D eigenvalue weighted by Gasteiger charge is -2.03. The Balaban J connectivity index is 1.60. The second-order valence-electron chi connectivity index (χ2n) is 5.71. The number of amides is 2. The molecule has 2 rings (SSSR count). The fourth-order valence-corrected chi connectivity index (χ4v) is 2.12. The van der Waals surface area contributed by atoms with Crippen molar-refractivity contribution in [2.45, 2.75) is 6.42 Å². The Morgan fingerprint density at radius 1 is 0.704 bits per heavy atom. The summed E-state index contributed by atoms with van der Waals surface area (Å²) < 4.78 is 25.6. The molecular weight excluding hydrogens is 350 g/mol. The molecule has 2 N–H and O–H groups in total. The van der Waals surface area contributed by atoms with E-state index in [-0.39, 0.29) is 23.4 Å². The van der Waals surface area contributed by atoms with Gasteiger partial charge in [-0.1, -0.05) is 24.3 Å². The van der Waals surface area contributed by atoms with E-state index in [4.69, 9.17) is 0 Å². The molecule has 0 fully saturated rings. The molecule has 6 heteroatoms. The van der Waals surface area contributed by atoms with Gasteiger partial charge in [-0.2, -0.15) is 0 Å². The van der Waals surface area contributed by atoms with Gasteiger partial charge in [-0.15, -0.1) is 0 Å². The molecule has 0 aliphatic rings. The van der Waals surface area contributed by atoms with E-state index in [1.807, 2.05) is 0 Å². The van der Waals surface area contributed by atoms with Crippen molar-refractivity contribution in [3.63, 3.8) is 0 Å². The maximum Gasteiger partial charge on any atom is 0.244 e. The zero-order chi connectivity index (χ0) is 19.5. The van der Waals surface area contributed by atoms with Crippen LogP contribution in [0.4, 0.5) is 8.78 Å².